The molecule has 0 radical (unpaired) electrons. The number of thiazole rings is 1. The third-order valence-electron chi connectivity index (χ3n) is 0.908. The van der Waals surface area contributed by atoms with Crippen molar-refractivity contribution in [2.24, 2.45) is 0 Å². The highest BCUT2D eigenvalue weighted by atomic mass is 79.9. The second-order valence-corrected chi connectivity index (χ2v) is 4.64. The normalized spacial score (nSPS) is 9.73. The summed E-state index contributed by atoms with van der Waals surface area (Å²) in [5.74, 6) is -0.415. The number of ether oxygens (including phenoxy) is 1. The van der Waals surface area contributed by atoms with Crippen LogP contribution in [0.1, 0.15) is 9.80 Å². The van der Waals surface area contributed by atoms with Gasteiger partial charge < -0.3 is 4.74 Å². The quantitative estimate of drug-likeness (QED) is 0.748. The van der Waals surface area contributed by atoms with Crippen molar-refractivity contribution in [3.05, 3.63) is 13.4 Å². The van der Waals surface area contributed by atoms with Crippen molar-refractivity contribution >= 4 is 49.2 Å². The Bertz CT molecular complexity index is 267. The summed E-state index contributed by atoms with van der Waals surface area (Å²) >= 11 is 7.60. The molecule has 0 atom stereocenters. The minimum absolute atomic E-state index is 0.339. The summed E-state index contributed by atoms with van der Waals surface area (Å²) in [5.41, 5.74) is 0. The van der Waals surface area contributed by atoms with Gasteiger partial charge in [-0.2, -0.15) is 0 Å². The van der Waals surface area contributed by atoms with E-state index in [1.54, 1.807) is 0 Å². The molecule has 1 rings (SSSR count). The zero-order valence-corrected chi connectivity index (χ0v) is 9.42. The lowest BCUT2D eigenvalue weighted by molar-refractivity contribution is 0.0600. The highest BCUT2D eigenvalue weighted by molar-refractivity contribution is 9.13. The molecule has 1 heterocycles. The molecule has 0 amide bonds. The minimum atomic E-state index is -0.415. The summed E-state index contributed by atoms with van der Waals surface area (Å²) in [6, 6.07) is 0. The van der Waals surface area contributed by atoms with Crippen LogP contribution in [0.2, 0.25) is 0 Å². The van der Waals surface area contributed by atoms with Gasteiger partial charge in [0.15, 0.2) is 0 Å². The van der Waals surface area contributed by atoms with Gasteiger partial charge in [-0.1, -0.05) is 11.3 Å². The molecular weight excluding hydrogens is 298 g/mol. The first-order valence-electron chi connectivity index (χ1n) is 2.55. The third kappa shape index (κ3) is 2.00. The van der Waals surface area contributed by atoms with E-state index < -0.39 is 5.97 Å². The van der Waals surface area contributed by atoms with E-state index in [2.05, 4.69) is 41.6 Å². The number of esters is 1. The van der Waals surface area contributed by atoms with E-state index in [-0.39, 0.29) is 0 Å². The largest absolute Gasteiger partial charge is 0.464 e. The van der Waals surface area contributed by atoms with Crippen LogP contribution >= 0.6 is 43.2 Å². The van der Waals surface area contributed by atoms with Crippen molar-refractivity contribution in [3.8, 4) is 0 Å². The average Bonchev–Trinajstić information content (AvgIpc) is 2.31. The van der Waals surface area contributed by atoms with Crippen LogP contribution in [0.25, 0.3) is 0 Å². The van der Waals surface area contributed by atoms with Crippen LogP contribution in [-0.4, -0.2) is 18.1 Å². The Morgan fingerprint density at radius 1 is 1.64 bits per heavy atom. The number of aromatic nitrogens is 1. The smallest absolute Gasteiger partial charge is 0.367 e. The van der Waals surface area contributed by atoms with Gasteiger partial charge in [-0.05, 0) is 31.9 Å². The van der Waals surface area contributed by atoms with E-state index in [0.717, 1.165) is 3.79 Å². The van der Waals surface area contributed by atoms with E-state index in [1.807, 2.05) is 0 Å². The van der Waals surface area contributed by atoms with Gasteiger partial charge in [0.05, 0.1) is 7.11 Å². The Hall–Kier alpha value is 0.0600. The Morgan fingerprint density at radius 3 is 2.64 bits per heavy atom. The van der Waals surface area contributed by atoms with Crippen molar-refractivity contribution < 1.29 is 9.53 Å². The van der Waals surface area contributed by atoms with Crippen LogP contribution < -0.4 is 0 Å². The van der Waals surface area contributed by atoms with Gasteiger partial charge in [0, 0.05) is 0 Å². The lowest BCUT2D eigenvalue weighted by Gasteiger charge is -1.89. The molecule has 0 saturated heterocycles. The number of rotatable bonds is 1. The Kier molecular flexibility index (Phi) is 3.03. The minimum Gasteiger partial charge on any atom is -0.464 e. The zero-order chi connectivity index (χ0) is 8.43. The highest BCUT2D eigenvalue weighted by Crippen LogP contribution is 2.29. The van der Waals surface area contributed by atoms with Crippen LogP contribution in [0.15, 0.2) is 8.39 Å². The van der Waals surface area contributed by atoms with Gasteiger partial charge in [0.2, 0.25) is 5.01 Å². The van der Waals surface area contributed by atoms with Crippen molar-refractivity contribution in [2.45, 2.75) is 0 Å². The Labute approximate surface area is 84.0 Å². The predicted molar refractivity (Wildman–Crippen MR) is 48.9 cm³/mol. The fourth-order valence-corrected chi connectivity index (χ4v) is 2.15. The summed E-state index contributed by atoms with van der Waals surface area (Å²) in [5, 5.41) is 0.339. The number of hydrogen-bond acceptors (Lipinski definition) is 4. The molecule has 0 unspecified atom stereocenters. The van der Waals surface area contributed by atoms with Gasteiger partial charge in [-0.3, -0.25) is 0 Å². The SMILES string of the molecule is COC(=O)c1nc(Br)c(Br)s1. The predicted octanol–water partition coefficient (Wildman–Crippen LogP) is 2.45. The van der Waals surface area contributed by atoms with Gasteiger partial charge in [-0.25, -0.2) is 9.78 Å². The summed E-state index contributed by atoms with van der Waals surface area (Å²) in [7, 11) is 1.32. The molecular formula is C5H3Br2NO2S. The topological polar surface area (TPSA) is 39.2 Å². The number of carbonyl (C=O) groups excluding carboxylic acids is 1. The van der Waals surface area contributed by atoms with Crippen molar-refractivity contribution in [1.29, 1.82) is 0 Å². The zero-order valence-electron chi connectivity index (χ0n) is 5.43. The number of nitrogens with zero attached hydrogens (tertiary/aromatic N) is 1. The van der Waals surface area contributed by atoms with Crippen LogP contribution in [-0.2, 0) is 4.74 Å². The first-order chi connectivity index (χ1) is 5.15. The standard InChI is InChI=1S/C5H3Br2NO2S/c1-10-5(9)4-8-2(6)3(7)11-4/h1H3. The molecule has 11 heavy (non-hydrogen) atoms. The fourth-order valence-electron chi connectivity index (χ4n) is 0.458. The molecule has 0 aliphatic rings. The average molecular weight is 301 g/mol. The summed E-state index contributed by atoms with van der Waals surface area (Å²) in [6.07, 6.45) is 0. The number of methoxy groups -OCH3 is 1. The second-order valence-electron chi connectivity index (χ2n) is 1.58. The lowest BCUT2D eigenvalue weighted by Crippen LogP contribution is -1.99. The molecule has 1 aromatic rings. The van der Waals surface area contributed by atoms with Crippen LogP contribution in [0.3, 0.4) is 0 Å². The number of hydrogen-bond donors (Lipinski definition) is 0. The maximum Gasteiger partial charge on any atom is 0.367 e. The fraction of sp³-hybridized carbons (Fsp3) is 0.200. The number of halogens is 2. The van der Waals surface area contributed by atoms with Gasteiger partial charge >= 0.3 is 5.97 Å². The van der Waals surface area contributed by atoms with E-state index in [0.29, 0.717) is 9.61 Å². The van der Waals surface area contributed by atoms with E-state index in [9.17, 15) is 4.79 Å². The first kappa shape index (κ1) is 9.15. The molecule has 0 spiro atoms. The molecule has 0 aliphatic carbocycles. The van der Waals surface area contributed by atoms with Crippen LogP contribution in [0, 0.1) is 0 Å². The van der Waals surface area contributed by atoms with Gasteiger partial charge in [0.25, 0.3) is 0 Å². The molecule has 0 saturated carbocycles. The summed E-state index contributed by atoms with van der Waals surface area (Å²) < 4.78 is 5.89. The molecule has 1 aromatic heterocycles. The molecule has 0 aromatic carbocycles. The Morgan fingerprint density at radius 2 is 2.27 bits per heavy atom. The first-order valence-corrected chi connectivity index (χ1v) is 4.95. The van der Waals surface area contributed by atoms with Crippen molar-refractivity contribution in [1.82, 2.24) is 4.98 Å². The summed E-state index contributed by atoms with van der Waals surface area (Å²) in [4.78, 5) is 14.8. The van der Waals surface area contributed by atoms with Crippen LogP contribution in [0.4, 0.5) is 0 Å². The lowest BCUT2D eigenvalue weighted by atomic mass is 10.7. The molecule has 60 valence electrons. The van der Waals surface area contributed by atoms with E-state index in [4.69, 9.17) is 0 Å². The molecule has 0 fully saturated rings. The second kappa shape index (κ2) is 3.64. The van der Waals surface area contributed by atoms with Crippen molar-refractivity contribution in [3.63, 3.8) is 0 Å². The van der Waals surface area contributed by atoms with E-state index >= 15 is 0 Å². The molecule has 3 nitrogen and oxygen atoms in total. The summed E-state index contributed by atoms with van der Waals surface area (Å²) in [6.45, 7) is 0. The molecule has 6 heteroatoms. The van der Waals surface area contributed by atoms with Gasteiger partial charge in [-0.15, -0.1) is 0 Å². The monoisotopic (exact) mass is 299 g/mol. The highest BCUT2D eigenvalue weighted by Gasteiger charge is 2.13. The maximum atomic E-state index is 10.9. The number of carbonyl (C=O) groups is 1. The maximum absolute atomic E-state index is 10.9. The molecule has 0 bridgehead atoms. The van der Waals surface area contributed by atoms with Gasteiger partial charge in [0.1, 0.15) is 8.39 Å². The Balaban J connectivity index is 2.97. The molecule has 0 aliphatic heterocycles. The van der Waals surface area contributed by atoms with Crippen LogP contribution in [0.5, 0.6) is 0 Å². The van der Waals surface area contributed by atoms with E-state index in [1.165, 1.54) is 18.4 Å². The third-order valence-corrected chi connectivity index (χ3v) is 3.96. The van der Waals surface area contributed by atoms with Crippen molar-refractivity contribution in [2.75, 3.05) is 7.11 Å². The molecule has 0 N–H and O–H groups in total.